The molecule has 0 N–H and O–H groups in total. The van der Waals surface area contributed by atoms with Gasteiger partial charge in [-0.3, -0.25) is 9.59 Å². The minimum Gasteiger partial charge on any atom is -0.497 e. The first kappa shape index (κ1) is 20.9. The third-order valence-electron chi connectivity index (χ3n) is 4.07. The van der Waals surface area contributed by atoms with Gasteiger partial charge in [0.25, 0.3) is 5.91 Å². The van der Waals surface area contributed by atoms with Gasteiger partial charge in [-0.1, -0.05) is 22.9 Å². The fourth-order valence-electron chi connectivity index (χ4n) is 2.75. The molecule has 29 heavy (non-hydrogen) atoms. The largest absolute Gasteiger partial charge is 0.497 e. The van der Waals surface area contributed by atoms with Crippen molar-refractivity contribution in [2.75, 3.05) is 20.8 Å². The highest BCUT2D eigenvalue weighted by atomic mass is 35.5. The summed E-state index contributed by atoms with van der Waals surface area (Å²) in [7, 11) is 2.98. The van der Waals surface area contributed by atoms with Crippen LogP contribution in [0.5, 0.6) is 11.5 Å². The van der Waals surface area contributed by atoms with E-state index >= 15 is 0 Å². The Morgan fingerprint density at radius 3 is 2.62 bits per heavy atom. The molecule has 9 heteroatoms. The van der Waals surface area contributed by atoms with Crippen molar-refractivity contribution in [3.05, 3.63) is 51.8 Å². The monoisotopic (exact) mass is 434 g/mol. The molecule has 0 bridgehead atoms. The summed E-state index contributed by atoms with van der Waals surface area (Å²) in [5.74, 6) is -0.0569. The van der Waals surface area contributed by atoms with Gasteiger partial charge in [0, 0.05) is 5.02 Å². The highest BCUT2D eigenvalue weighted by molar-refractivity contribution is 7.16. The van der Waals surface area contributed by atoms with Gasteiger partial charge in [0.15, 0.2) is 4.80 Å². The summed E-state index contributed by atoms with van der Waals surface area (Å²) in [6.45, 7) is 1.93. The van der Waals surface area contributed by atoms with Crippen LogP contribution in [0.15, 0.2) is 41.4 Å². The van der Waals surface area contributed by atoms with E-state index in [1.807, 2.05) is 0 Å². The minimum absolute atomic E-state index is 0.0726. The summed E-state index contributed by atoms with van der Waals surface area (Å²) in [5.41, 5.74) is 0.988. The molecule has 1 amide bonds. The van der Waals surface area contributed by atoms with Crippen molar-refractivity contribution in [3.8, 4) is 11.5 Å². The third-order valence-corrected chi connectivity index (χ3v) is 5.35. The second-order valence-corrected chi connectivity index (χ2v) is 7.32. The summed E-state index contributed by atoms with van der Waals surface area (Å²) in [6.07, 6.45) is 0. The molecule has 1 heterocycles. The van der Waals surface area contributed by atoms with Crippen molar-refractivity contribution in [1.82, 2.24) is 4.57 Å². The number of fused-ring (bicyclic) bond motifs is 1. The molecule has 2 aromatic carbocycles. The van der Waals surface area contributed by atoms with E-state index in [1.165, 1.54) is 25.6 Å². The molecular formula is C20H19ClN2O5S. The van der Waals surface area contributed by atoms with Crippen LogP contribution >= 0.6 is 22.9 Å². The van der Waals surface area contributed by atoms with Crippen molar-refractivity contribution < 1.29 is 23.8 Å². The van der Waals surface area contributed by atoms with Gasteiger partial charge in [-0.25, -0.2) is 0 Å². The molecule has 0 saturated carbocycles. The first-order valence-electron chi connectivity index (χ1n) is 8.72. The summed E-state index contributed by atoms with van der Waals surface area (Å²) < 4.78 is 18.0. The van der Waals surface area contributed by atoms with Crippen molar-refractivity contribution in [2.45, 2.75) is 13.5 Å². The quantitative estimate of drug-likeness (QED) is 0.553. The summed E-state index contributed by atoms with van der Waals surface area (Å²) in [5, 5.41) is 0.550. The van der Waals surface area contributed by atoms with Crippen LogP contribution in [-0.2, 0) is 16.1 Å². The molecule has 0 fully saturated rings. The van der Waals surface area contributed by atoms with E-state index in [0.29, 0.717) is 21.3 Å². The molecule has 0 atom stereocenters. The van der Waals surface area contributed by atoms with Crippen LogP contribution < -0.4 is 14.3 Å². The number of methoxy groups -OCH3 is 2. The number of carbonyl (C=O) groups is 2. The topological polar surface area (TPSA) is 79.1 Å². The highest BCUT2D eigenvalue weighted by Crippen LogP contribution is 2.25. The number of carbonyl (C=O) groups excluding carboxylic acids is 2. The molecule has 0 radical (unpaired) electrons. The fraction of sp³-hybridized carbons (Fsp3) is 0.250. The van der Waals surface area contributed by atoms with Gasteiger partial charge in [-0.2, -0.15) is 4.99 Å². The molecule has 7 nitrogen and oxygen atoms in total. The standard InChI is InChI=1S/C20H19ClN2O5S/c1-4-28-18(24)11-23-15-7-5-12(21)9-17(15)29-20(23)22-19(25)14-10-13(26-2)6-8-16(14)27-3/h5-10H,4,11H2,1-3H3. The van der Waals surface area contributed by atoms with Crippen LogP contribution in [0.25, 0.3) is 10.2 Å². The highest BCUT2D eigenvalue weighted by Gasteiger charge is 2.16. The van der Waals surface area contributed by atoms with Gasteiger partial charge in [0.1, 0.15) is 18.0 Å². The normalized spacial score (nSPS) is 11.5. The van der Waals surface area contributed by atoms with Crippen LogP contribution in [0.1, 0.15) is 17.3 Å². The van der Waals surface area contributed by atoms with Gasteiger partial charge in [0.05, 0.1) is 36.6 Å². The van der Waals surface area contributed by atoms with Crippen LogP contribution in [0.3, 0.4) is 0 Å². The van der Waals surface area contributed by atoms with Crippen LogP contribution in [0, 0.1) is 0 Å². The zero-order chi connectivity index (χ0) is 21.0. The number of thiazole rings is 1. The lowest BCUT2D eigenvalue weighted by Crippen LogP contribution is -2.23. The van der Waals surface area contributed by atoms with Crippen LogP contribution in [-0.4, -0.2) is 37.3 Å². The zero-order valence-corrected chi connectivity index (χ0v) is 17.7. The minimum atomic E-state index is -0.518. The van der Waals surface area contributed by atoms with Gasteiger partial charge >= 0.3 is 5.97 Å². The number of halogens is 1. The number of nitrogens with zero attached hydrogens (tertiary/aromatic N) is 2. The summed E-state index contributed by atoms with van der Waals surface area (Å²) >= 11 is 7.34. The van der Waals surface area contributed by atoms with E-state index in [9.17, 15) is 9.59 Å². The first-order chi connectivity index (χ1) is 14.0. The zero-order valence-electron chi connectivity index (χ0n) is 16.1. The third kappa shape index (κ3) is 4.60. The van der Waals surface area contributed by atoms with E-state index < -0.39 is 11.9 Å². The lowest BCUT2D eigenvalue weighted by atomic mass is 10.2. The predicted molar refractivity (Wildman–Crippen MR) is 111 cm³/mol. The Morgan fingerprint density at radius 2 is 1.93 bits per heavy atom. The summed E-state index contributed by atoms with van der Waals surface area (Å²) in [6, 6.07) is 10.2. The van der Waals surface area contributed by atoms with Crippen molar-refractivity contribution in [3.63, 3.8) is 0 Å². The fourth-order valence-corrected chi connectivity index (χ4v) is 4.05. The van der Waals surface area contributed by atoms with Crippen LogP contribution in [0.4, 0.5) is 0 Å². The smallest absolute Gasteiger partial charge is 0.326 e. The molecule has 0 unspecified atom stereocenters. The molecule has 3 aromatic rings. The Labute approximate surface area is 176 Å². The Morgan fingerprint density at radius 1 is 1.14 bits per heavy atom. The average Bonchev–Trinajstić information content (AvgIpc) is 3.03. The number of benzene rings is 2. The number of ether oxygens (including phenoxy) is 3. The summed E-state index contributed by atoms with van der Waals surface area (Å²) in [4.78, 5) is 29.6. The maximum absolute atomic E-state index is 12.9. The molecule has 1 aromatic heterocycles. The number of hydrogen-bond acceptors (Lipinski definition) is 6. The molecule has 152 valence electrons. The van der Waals surface area contributed by atoms with E-state index in [2.05, 4.69) is 4.99 Å². The maximum Gasteiger partial charge on any atom is 0.326 e. The second kappa shape index (κ2) is 9.11. The van der Waals surface area contributed by atoms with Gasteiger partial charge < -0.3 is 18.8 Å². The number of aromatic nitrogens is 1. The van der Waals surface area contributed by atoms with E-state index in [1.54, 1.807) is 47.9 Å². The SMILES string of the molecule is CCOC(=O)Cn1c(=NC(=O)c2cc(OC)ccc2OC)sc2cc(Cl)ccc21. The Bertz CT molecular complexity index is 1140. The molecule has 0 saturated heterocycles. The predicted octanol–water partition coefficient (Wildman–Crippen LogP) is 3.68. The average molecular weight is 435 g/mol. The number of esters is 1. The Balaban J connectivity index is 2.14. The lowest BCUT2D eigenvalue weighted by molar-refractivity contribution is -0.143. The molecule has 0 aliphatic carbocycles. The molecule has 0 aliphatic rings. The van der Waals surface area contributed by atoms with Gasteiger partial charge in [-0.15, -0.1) is 0 Å². The van der Waals surface area contributed by atoms with Crippen molar-refractivity contribution >= 4 is 45.0 Å². The lowest BCUT2D eigenvalue weighted by Gasteiger charge is -2.08. The Hall–Kier alpha value is -2.84. The molecule has 0 aliphatic heterocycles. The van der Waals surface area contributed by atoms with Gasteiger partial charge in [-0.05, 0) is 43.3 Å². The van der Waals surface area contributed by atoms with Crippen molar-refractivity contribution in [1.29, 1.82) is 0 Å². The van der Waals surface area contributed by atoms with E-state index in [-0.39, 0.29) is 18.7 Å². The first-order valence-corrected chi connectivity index (χ1v) is 9.91. The molecule has 3 rings (SSSR count). The maximum atomic E-state index is 12.9. The van der Waals surface area contributed by atoms with E-state index in [0.717, 1.165) is 10.2 Å². The molecular weight excluding hydrogens is 416 g/mol. The van der Waals surface area contributed by atoms with E-state index in [4.69, 9.17) is 25.8 Å². The van der Waals surface area contributed by atoms with Crippen LogP contribution in [0.2, 0.25) is 5.02 Å². The second-order valence-electron chi connectivity index (χ2n) is 5.87. The van der Waals surface area contributed by atoms with Crippen molar-refractivity contribution in [2.24, 2.45) is 4.99 Å². The van der Waals surface area contributed by atoms with Gasteiger partial charge in [0.2, 0.25) is 0 Å². The number of hydrogen-bond donors (Lipinski definition) is 0. The Kier molecular flexibility index (Phi) is 6.56. The number of rotatable bonds is 6. The number of amides is 1. The molecule has 0 spiro atoms.